The fourth-order valence-corrected chi connectivity index (χ4v) is 2.28. The zero-order valence-corrected chi connectivity index (χ0v) is 9.95. The van der Waals surface area contributed by atoms with Crippen molar-refractivity contribution < 1.29 is 0 Å². The quantitative estimate of drug-likeness (QED) is 0.805. The second-order valence-electron chi connectivity index (χ2n) is 4.47. The lowest BCUT2D eigenvalue weighted by atomic mass is 9.89. The number of aromatic nitrogens is 3. The van der Waals surface area contributed by atoms with Crippen molar-refractivity contribution in [3.63, 3.8) is 0 Å². The molecule has 5 heteroatoms. The molecule has 1 saturated carbocycles. The summed E-state index contributed by atoms with van der Waals surface area (Å²) in [6.07, 6.45) is 6.46. The number of nitrogens with zero attached hydrogens (tertiary/aromatic N) is 3. The normalized spacial score (nSPS) is 17.6. The molecule has 0 saturated heterocycles. The fraction of sp³-hybridized carbons (Fsp3) is 0.818. The smallest absolute Gasteiger partial charge is 0.221 e. The van der Waals surface area contributed by atoms with Crippen molar-refractivity contribution >= 4 is 5.95 Å². The van der Waals surface area contributed by atoms with Gasteiger partial charge in [-0.25, -0.2) is 4.68 Å². The molecular formula is C11H21N5. The topological polar surface area (TPSA) is 68.8 Å². The molecule has 1 heterocycles. The monoisotopic (exact) mass is 223 g/mol. The minimum Gasteiger partial charge on any atom is -0.353 e. The van der Waals surface area contributed by atoms with Gasteiger partial charge in [0, 0.05) is 26.1 Å². The molecule has 90 valence electrons. The molecule has 0 aliphatic heterocycles. The van der Waals surface area contributed by atoms with Crippen molar-refractivity contribution in [1.82, 2.24) is 14.8 Å². The summed E-state index contributed by atoms with van der Waals surface area (Å²) in [5.41, 5.74) is 5.46. The number of anilines is 1. The van der Waals surface area contributed by atoms with E-state index in [2.05, 4.69) is 15.4 Å². The Bertz CT molecular complexity index is 327. The Kier molecular flexibility index (Phi) is 3.77. The lowest BCUT2D eigenvalue weighted by Crippen LogP contribution is -2.15. The van der Waals surface area contributed by atoms with Gasteiger partial charge in [0.2, 0.25) is 5.95 Å². The third-order valence-corrected chi connectivity index (χ3v) is 3.18. The summed E-state index contributed by atoms with van der Waals surface area (Å²) in [5, 5.41) is 7.68. The van der Waals surface area contributed by atoms with Crippen LogP contribution in [0.3, 0.4) is 0 Å². The van der Waals surface area contributed by atoms with Gasteiger partial charge in [0.1, 0.15) is 0 Å². The maximum Gasteiger partial charge on any atom is 0.221 e. The first-order valence-corrected chi connectivity index (χ1v) is 6.16. The molecule has 1 aromatic heterocycles. The lowest BCUT2D eigenvalue weighted by molar-refractivity contribution is 0.427. The number of aryl methyl sites for hydroxylation is 1. The first-order valence-electron chi connectivity index (χ1n) is 6.16. The Hall–Kier alpha value is -1.10. The summed E-state index contributed by atoms with van der Waals surface area (Å²) in [5.74, 6) is 2.40. The SMILES string of the molecule is Cn1nc(C2CCCCC2)nc1NCCN. The van der Waals surface area contributed by atoms with Gasteiger partial charge in [0.15, 0.2) is 5.82 Å². The van der Waals surface area contributed by atoms with Crippen LogP contribution in [-0.2, 0) is 7.05 Å². The maximum absolute atomic E-state index is 5.46. The molecule has 0 unspecified atom stereocenters. The molecule has 16 heavy (non-hydrogen) atoms. The summed E-state index contributed by atoms with van der Waals surface area (Å²) in [6.45, 7) is 1.36. The fourth-order valence-electron chi connectivity index (χ4n) is 2.28. The van der Waals surface area contributed by atoms with Gasteiger partial charge in [-0.15, -0.1) is 0 Å². The lowest BCUT2D eigenvalue weighted by Gasteiger charge is -2.18. The van der Waals surface area contributed by atoms with Gasteiger partial charge in [-0.3, -0.25) is 0 Å². The minimum atomic E-state index is 0.563. The Morgan fingerprint density at radius 1 is 1.38 bits per heavy atom. The molecular weight excluding hydrogens is 202 g/mol. The molecule has 0 aromatic carbocycles. The molecule has 0 radical (unpaired) electrons. The predicted molar refractivity (Wildman–Crippen MR) is 64.4 cm³/mol. The summed E-state index contributed by atoms with van der Waals surface area (Å²) in [7, 11) is 1.93. The van der Waals surface area contributed by atoms with Crippen molar-refractivity contribution in [1.29, 1.82) is 0 Å². The highest BCUT2D eigenvalue weighted by Crippen LogP contribution is 2.31. The second-order valence-corrected chi connectivity index (χ2v) is 4.47. The van der Waals surface area contributed by atoms with Crippen LogP contribution in [0.4, 0.5) is 5.95 Å². The first kappa shape index (κ1) is 11.4. The third kappa shape index (κ3) is 2.52. The van der Waals surface area contributed by atoms with E-state index in [1.165, 1.54) is 32.1 Å². The van der Waals surface area contributed by atoms with Crippen LogP contribution < -0.4 is 11.1 Å². The minimum absolute atomic E-state index is 0.563. The van der Waals surface area contributed by atoms with E-state index in [0.717, 1.165) is 18.3 Å². The average Bonchev–Trinajstić information content (AvgIpc) is 2.69. The number of hydrogen-bond donors (Lipinski definition) is 2. The van der Waals surface area contributed by atoms with E-state index in [1.807, 2.05) is 11.7 Å². The van der Waals surface area contributed by atoms with Gasteiger partial charge in [-0.1, -0.05) is 19.3 Å². The van der Waals surface area contributed by atoms with Crippen molar-refractivity contribution in [3.05, 3.63) is 5.82 Å². The Morgan fingerprint density at radius 2 is 2.12 bits per heavy atom. The maximum atomic E-state index is 5.46. The van der Waals surface area contributed by atoms with Gasteiger partial charge in [0.05, 0.1) is 0 Å². The van der Waals surface area contributed by atoms with Crippen LogP contribution in [-0.4, -0.2) is 27.9 Å². The van der Waals surface area contributed by atoms with Gasteiger partial charge in [-0.2, -0.15) is 10.1 Å². The molecule has 1 fully saturated rings. The molecule has 1 aliphatic rings. The molecule has 2 rings (SSSR count). The highest BCUT2D eigenvalue weighted by atomic mass is 15.4. The number of nitrogens with one attached hydrogen (secondary N) is 1. The standard InChI is InChI=1S/C11H21N5/c1-16-11(13-8-7-12)14-10(15-16)9-5-3-2-4-6-9/h9H,2-8,12H2,1H3,(H,13,14,15). The van der Waals surface area contributed by atoms with Crippen molar-refractivity contribution in [2.45, 2.75) is 38.0 Å². The van der Waals surface area contributed by atoms with E-state index in [0.29, 0.717) is 12.5 Å². The van der Waals surface area contributed by atoms with E-state index >= 15 is 0 Å². The highest BCUT2D eigenvalue weighted by Gasteiger charge is 2.20. The Labute approximate surface area is 96.4 Å². The second kappa shape index (κ2) is 5.30. The van der Waals surface area contributed by atoms with Crippen LogP contribution in [0.5, 0.6) is 0 Å². The van der Waals surface area contributed by atoms with Gasteiger partial charge >= 0.3 is 0 Å². The van der Waals surface area contributed by atoms with E-state index in [9.17, 15) is 0 Å². The molecule has 0 amide bonds. The molecule has 0 spiro atoms. The van der Waals surface area contributed by atoms with Crippen LogP contribution in [0.2, 0.25) is 0 Å². The third-order valence-electron chi connectivity index (χ3n) is 3.18. The zero-order valence-electron chi connectivity index (χ0n) is 9.95. The van der Waals surface area contributed by atoms with Crippen LogP contribution in [0, 0.1) is 0 Å². The van der Waals surface area contributed by atoms with Crippen LogP contribution >= 0.6 is 0 Å². The number of nitrogens with two attached hydrogens (primary N) is 1. The van der Waals surface area contributed by atoms with Crippen molar-refractivity contribution in [2.24, 2.45) is 12.8 Å². The van der Waals surface area contributed by atoms with Crippen molar-refractivity contribution in [3.8, 4) is 0 Å². The van der Waals surface area contributed by atoms with Gasteiger partial charge in [0.25, 0.3) is 0 Å². The molecule has 1 aliphatic carbocycles. The summed E-state index contributed by atoms with van der Waals surface area (Å²) < 4.78 is 1.82. The molecule has 1 aromatic rings. The zero-order chi connectivity index (χ0) is 11.4. The van der Waals surface area contributed by atoms with E-state index in [4.69, 9.17) is 5.73 Å². The van der Waals surface area contributed by atoms with Crippen LogP contribution in [0.25, 0.3) is 0 Å². The largest absolute Gasteiger partial charge is 0.353 e. The predicted octanol–water partition coefficient (Wildman–Crippen LogP) is 1.23. The molecule has 0 bridgehead atoms. The van der Waals surface area contributed by atoms with Crippen LogP contribution in [0.15, 0.2) is 0 Å². The summed E-state index contributed by atoms with van der Waals surface area (Å²) >= 11 is 0. The highest BCUT2D eigenvalue weighted by molar-refractivity contribution is 5.25. The molecule has 5 nitrogen and oxygen atoms in total. The summed E-state index contributed by atoms with van der Waals surface area (Å²) in [6, 6.07) is 0. The van der Waals surface area contributed by atoms with E-state index in [1.54, 1.807) is 0 Å². The number of hydrogen-bond acceptors (Lipinski definition) is 4. The number of rotatable bonds is 4. The van der Waals surface area contributed by atoms with Crippen molar-refractivity contribution in [2.75, 3.05) is 18.4 Å². The molecule has 0 atom stereocenters. The summed E-state index contributed by atoms with van der Waals surface area (Å²) in [4.78, 5) is 4.56. The Balaban J connectivity index is 2.03. The Morgan fingerprint density at radius 3 is 2.81 bits per heavy atom. The van der Waals surface area contributed by atoms with E-state index < -0.39 is 0 Å². The average molecular weight is 223 g/mol. The first-order chi connectivity index (χ1) is 7.81. The van der Waals surface area contributed by atoms with Crippen LogP contribution in [0.1, 0.15) is 43.8 Å². The van der Waals surface area contributed by atoms with Gasteiger partial charge in [-0.05, 0) is 12.8 Å². The van der Waals surface area contributed by atoms with E-state index in [-0.39, 0.29) is 0 Å². The molecule has 3 N–H and O–H groups in total. The van der Waals surface area contributed by atoms with Gasteiger partial charge < -0.3 is 11.1 Å².